The molecule has 1 rings (SSSR count). The smallest absolute Gasteiger partial charge is 0.324 e. The van der Waals surface area contributed by atoms with E-state index in [9.17, 15) is 9.46 Å². The summed E-state index contributed by atoms with van der Waals surface area (Å²) in [4.78, 5) is 13.4. The van der Waals surface area contributed by atoms with Crippen molar-refractivity contribution in [3.63, 3.8) is 0 Å². The van der Waals surface area contributed by atoms with Crippen LogP contribution in [0, 0.1) is 0 Å². The Morgan fingerprint density at radius 1 is 1.53 bits per heavy atom. The molecular formula is C10H16NO3P. The summed E-state index contributed by atoms with van der Waals surface area (Å²) in [5.41, 5.74) is 0.763. The molecular weight excluding hydrogens is 213 g/mol. The lowest BCUT2D eigenvalue weighted by molar-refractivity contribution is 0.185. The second kappa shape index (κ2) is 5.40. The van der Waals surface area contributed by atoms with Gasteiger partial charge in [-0.3, -0.25) is 9.55 Å². The predicted octanol–water partition coefficient (Wildman–Crippen LogP) is 2.58. The van der Waals surface area contributed by atoms with Gasteiger partial charge in [0.25, 0.3) is 0 Å². The zero-order valence-corrected chi connectivity index (χ0v) is 9.85. The van der Waals surface area contributed by atoms with Crippen LogP contribution >= 0.6 is 7.60 Å². The average Bonchev–Trinajstić information content (AvgIpc) is 2.17. The molecule has 4 nitrogen and oxygen atoms in total. The molecule has 0 aliphatic rings. The van der Waals surface area contributed by atoms with Crippen LogP contribution in [0.15, 0.2) is 24.5 Å². The molecule has 0 saturated heterocycles. The first-order chi connectivity index (χ1) is 7.03. The fourth-order valence-corrected chi connectivity index (χ4v) is 2.57. The van der Waals surface area contributed by atoms with Gasteiger partial charge in [0.1, 0.15) is 0 Å². The van der Waals surface area contributed by atoms with Crippen LogP contribution in [0.1, 0.15) is 25.8 Å². The summed E-state index contributed by atoms with van der Waals surface area (Å²) in [5.74, 6) is 0. The standard InChI is InChI=1S/C10H16NO3P/c1-3-9(2)14-15(12,13)8-10-4-6-11-7-5-10/h4-7,9H,3,8H2,1-2H3,(H,12,13). The van der Waals surface area contributed by atoms with Gasteiger partial charge >= 0.3 is 7.60 Å². The molecule has 0 aliphatic carbocycles. The van der Waals surface area contributed by atoms with Crippen molar-refractivity contribution in [2.24, 2.45) is 0 Å². The van der Waals surface area contributed by atoms with Crippen molar-refractivity contribution in [2.45, 2.75) is 32.5 Å². The Bertz CT molecular complexity index is 342. The lowest BCUT2D eigenvalue weighted by Crippen LogP contribution is -2.05. The van der Waals surface area contributed by atoms with E-state index in [1.165, 1.54) is 0 Å². The molecule has 1 aromatic heterocycles. The monoisotopic (exact) mass is 229 g/mol. The van der Waals surface area contributed by atoms with Crippen LogP contribution in [-0.2, 0) is 15.3 Å². The van der Waals surface area contributed by atoms with Crippen LogP contribution in [-0.4, -0.2) is 16.0 Å². The Morgan fingerprint density at radius 2 is 2.13 bits per heavy atom. The molecule has 2 atom stereocenters. The quantitative estimate of drug-likeness (QED) is 0.788. The molecule has 2 unspecified atom stereocenters. The first-order valence-electron chi connectivity index (χ1n) is 4.92. The van der Waals surface area contributed by atoms with Gasteiger partial charge in [0.05, 0.1) is 12.3 Å². The minimum atomic E-state index is -3.51. The highest BCUT2D eigenvalue weighted by molar-refractivity contribution is 7.51. The van der Waals surface area contributed by atoms with Crippen LogP contribution < -0.4 is 0 Å². The summed E-state index contributed by atoms with van der Waals surface area (Å²) in [6, 6.07) is 3.42. The molecule has 15 heavy (non-hydrogen) atoms. The third-order valence-corrected chi connectivity index (χ3v) is 3.51. The van der Waals surface area contributed by atoms with E-state index in [1.54, 1.807) is 31.5 Å². The molecule has 84 valence electrons. The summed E-state index contributed by atoms with van der Waals surface area (Å²) in [6.07, 6.45) is 3.76. The Labute approximate surface area is 89.8 Å². The van der Waals surface area contributed by atoms with Gasteiger partial charge in [-0.25, -0.2) is 0 Å². The van der Waals surface area contributed by atoms with Crippen molar-refractivity contribution >= 4 is 7.60 Å². The molecule has 0 radical (unpaired) electrons. The average molecular weight is 229 g/mol. The highest BCUT2D eigenvalue weighted by Gasteiger charge is 2.22. The SMILES string of the molecule is CCC(C)OP(=O)(O)Cc1ccncc1. The first kappa shape index (κ1) is 12.4. The molecule has 0 spiro atoms. The van der Waals surface area contributed by atoms with Gasteiger partial charge in [-0.05, 0) is 31.0 Å². The zero-order chi connectivity index (χ0) is 11.3. The normalized spacial score (nSPS) is 17.0. The number of hydrogen-bond acceptors (Lipinski definition) is 3. The van der Waals surface area contributed by atoms with Gasteiger partial charge in [0.2, 0.25) is 0 Å². The zero-order valence-electron chi connectivity index (χ0n) is 8.96. The van der Waals surface area contributed by atoms with Gasteiger partial charge in [-0.1, -0.05) is 6.92 Å². The molecule has 0 amide bonds. The maximum atomic E-state index is 11.7. The van der Waals surface area contributed by atoms with Crippen LogP contribution in [0.25, 0.3) is 0 Å². The summed E-state index contributed by atoms with van der Waals surface area (Å²) in [5, 5.41) is 0. The van der Waals surface area contributed by atoms with E-state index >= 15 is 0 Å². The molecule has 1 N–H and O–H groups in total. The summed E-state index contributed by atoms with van der Waals surface area (Å²) in [6.45, 7) is 3.70. The fraction of sp³-hybridized carbons (Fsp3) is 0.500. The molecule has 0 aromatic carbocycles. The first-order valence-corrected chi connectivity index (χ1v) is 6.69. The van der Waals surface area contributed by atoms with E-state index in [0.717, 1.165) is 12.0 Å². The maximum Gasteiger partial charge on any atom is 0.332 e. The van der Waals surface area contributed by atoms with Crippen LogP contribution in [0.5, 0.6) is 0 Å². The largest absolute Gasteiger partial charge is 0.332 e. The lowest BCUT2D eigenvalue weighted by atomic mass is 10.3. The lowest BCUT2D eigenvalue weighted by Gasteiger charge is -2.16. The number of rotatable bonds is 5. The highest BCUT2D eigenvalue weighted by Crippen LogP contribution is 2.47. The Hall–Kier alpha value is -0.700. The molecule has 0 aliphatic heterocycles. The molecule has 0 saturated carbocycles. The van der Waals surface area contributed by atoms with E-state index in [0.29, 0.717) is 0 Å². The minimum absolute atomic E-state index is 0.0415. The molecule has 1 aromatic rings. The number of aromatic nitrogens is 1. The third-order valence-electron chi connectivity index (χ3n) is 2.05. The minimum Gasteiger partial charge on any atom is -0.324 e. The van der Waals surface area contributed by atoms with E-state index in [1.807, 2.05) is 6.92 Å². The van der Waals surface area contributed by atoms with Gasteiger partial charge in [-0.15, -0.1) is 0 Å². The van der Waals surface area contributed by atoms with E-state index in [4.69, 9.17) is 4.52 Å². The van der Waals surface area contributed by atoms with Gasteiger partial charge in [0.15, 0.2) is 0 Å². The van der Waals surface area contributed by atoms with Crippen LogP contribution in [0.3, 0.4) is 0 Å². The van der Waals surface area contributed by atoms with Crippen molar-refractivity contribution in [3.8, 4) is 0 Å². The Balaban J connectivity index is 2.61. The summed E-state index contributed by atoms with van der Waals surface area (Å²) in [7, 11) is -3.51. The maximum absolute atomic E-state index is 11.7. The third kappa shape index (κ3) is 4.56. The van der Waals surface area contributed by atoms with E-state index < -0.39 is 7.60 Å². The summed E-state index contributed by atoms with van der Waals surface area (Å²) < 4.78 is 16.7. The number of nitrogens with zero attached hydrogens (tertiary/aromatic N) is 1. The van der Waals surface area contributed by atoms with Crippen molar-refractivity contribution in [1.82, 2.24) is 4.98 Å². The van der Waals surface area contributed by atoms with Crippen LogP contribution in [0.2, 0.25) is 0 Å². The van der Waals surface area contributed by atoms with Gasteiger partial charge in [-0.2, -0.15) is 0 Å². The molecule has 0 bridgehead atoms. The van der Waals surface area contributed by atoms with Crippen molar-refractivity contribution < 1.29 is 14.0 Å². The van der Waals surface area contributed by atoms with Crippen molar-refractivity contribution in [1.29, 1.82) is 0 Å². The highest BCUT2D eigenvalue weighted by atomic mass is 31.2. The Morgan fingerprint density at radius 3 is 2.67 bits per heavy atom. The Kier molecular flexibility index (Phi) is 4.45. The van der Waals surface area contributed by atoms with Gasteiger partial charge in [0, 0.05) is 12.4 Å². The van der Waals surface area contributed by atoms with Crippen LogP contribution in [0.4, 0.5) is 0 Å². The second-order valence-corrected chi connectivity index (χ2v) is 5.28. The van der Waals surface area contributed by atoms with E-state index in [2.05, 4.69) is 4.98 Å². The molecule has 1 heterocycles. The predicted molar refractivity (Wildman–Crippen MR) is 58.6 cm³/mol. The fourth-order valence-electron chi connectivity index (χ4n) is 1.11. The topological polar surface area (TPSA) is 59.4 Å². The van der Waals surface area contributed by atoms with Crippen molar-refractivity contribution in [3.05, 3.63) is 30.1 Å². The second-order valence-electron chi connectivity index (χ2n) is 3.48. The number of pyridine rings is 1. The molecule has 0 fully saturated rings. The number of hydrogen-bond donors (Lipinski definition) is 1. The molecule has 5 heteroatoms. The van der Waals surface area contributed by atoms with Crippen molar-refractivity contribution in [2.75, 3.05) is 0 Å². The van der Waals surface area contributed by atoms with Gasteiger partial charge < -0.3 is 9.42 Å². The van der Waals surface area contributed by atoms with E-state index in [-0.39, 0.29) is 12.3 Å². The summed E-state index contributed by atoms with van der Waals surface area (Å²) >= 11 is 0.